The molecular weight excluding hydrogens is 480 g/mol. The summed E-state index contributed by atoms with van der Waals surface area (Å²) in [7, 11) is 0. The van der Waals surface area contributed by atoms with Crippen LogP contribution in [-0.2, 0) is 0 Å². The highest BCUT2D eigenvalue weighted by atomic mass is 16.5. The highest BCUT2D eigenvalue weighted by Gasteiger charge is 2.15. The van der Waals surface area contributed by atoms with Gasteiger partial charge in [-0.15, -0.1) is 0 Å². The molecular formula is C28H16N8O2. The molecule has 0 spiro atoms. The van der Waals surface area contributed by atoms with Crippen molar-refractivity contribution < 1.29 is 9.69 Å². The molecule has 0 radical (unpaired) electrons. The van der Waals surface area contributed by atoms with Crippen LogP contribution in [0.1, 0.15) is 0 Å². The lowest BCUT2D eigenvalue weighted by Crippen LogP contribution is -2.32. The van der Waals surface area contributed by atoms with E-state index in [1.54, 1.807) is 24.3 Å². The normalized spacial score (nSPS) is 11.4. The topological polar surface area (TPSA) is 131 Å². The second-order valence-electron chi connectivity index (χ2n) is 8.55. The average Bonchev–Trinajstić information content (AvgIpc) is 2.96. The fourth-order valence-corrected chi connectivity index (χ4v) is 4.44. The SMILES string of the molecule is [O-][n+]1nc2nc3ccccc3nc2c2ccccc21.[O-][n+]1nc2nc3ccccc3nc2c2ccccc21. The van der Waals surface area contributed by atoms with Crippen LogP contribution in [0.5, 0.6) is 0 Å². The number of aromatic nitrogens is 8. The number of hydrogen-bond acceptors (Lipinski definition) is 8. The maximum Gasteiger partial charge on any atom is 0.254 e. The van der Waals surface area contributed by atoms with Crippen molar-refractivity contribution in [3.8, 4) is 0 Å². The molecule has 8 rings (SSSR count). The Kier molecular flexibility index (Phi) is 4.83. The van der Waals surface area contributed by atoms with Gasteiger partial charge in [0.15, 0.2) is 0 Å². The zero-order valence-electron chi connectivity index (χ0n) is 19.6. The van der Waals surface area contributed by atoms with Gasteiger partial charge in [0.2, 0.25) is 11.3 Å². The van der Waals surface area contributed by atoms with E-state index in [2.05, 4.69) is 30.1 Å². The van der Waals surface area contributed by atoms with E-state index in [1.165, 1.54) is 0 Å². The van der Waals surface area contributed by atoms with Crippen LogP contribution in [0.25, 0.3) is 66.2 Å². The molecule has 180 valence electrons. The number of fused-ring (bicyclic) bond motifs is 8. The smallest absolute Gasteiger partial charge is 0.254 e. The van der Waals surface area contributed by atoms with Gasteiger partial charge in [-0.3, -0.25) is 0 Å². The molecule has 0 saturated heterocycles. The molecule has 0 aliphatic carbocycles. The van der Waals surface area contributed by atoms with Crippen molar-refractivity contribution in [1.82, 2.24) is 30.1 Å². The number of nitrogens with zero attached hydrogens (tertiary/aromatic N) is 8. The van der Waals surface area contributed by atoms with E-state index in [-0.39, 0.29) is 0 Å². The predicted molar refractivity (Wildman–Crippen MR) is 143 cm³/mol. The van der Waals surface area contributed by atoms with Crippen molar-refractivity contribution >= 4 is 66.2 Å². The summed E-state index contributed by atoms with van der Waals surface area (Å²) in [6.45, 7) is 0. The van der Waals surface area contributed by atoms with Crippen molar-refractivity contribution in [3.63, 3.8) is 0 Å². The first kappa shape index (κ1) is 21.6. The van der Waals surface area contributed by atoms with E-state index in [4.69, 9.17) is 0 Å². The fraction of sp³-hybridized carbons (Fsp3) is 0. The van der Waals surface area contributed by atoms with Gasteiger partial charge in [-0.2, -0.15) is 0 Å². The molecule has 4 aromatic carbocycles. The van der Waals surface area contributed by atoms with Crippen LogP contribution in [0.2, 0.25) is 0 Å². The van der Waals surface area contributed by atoms with Gasteiger partial charge < -0.3 is 10.4 Å². The Bertz CT molecular complexity index is 2030. The van der Waals surface area contributed by atoms with E-state index < -0.39 is 0 Å². The average molecular weight is 496 g/mol. The Hall–Kier alpha value is -5.64. The third kappa shape index (κ3) is 3.51. The van der Waals surface area contributed by atoms with Crippen LogP contribution in [0.4, 0.5) is 0 Å². The molecule has 10 heteroatoms. The molecule has 0 N–H and O–H groups in total. The molecule has 38 heavy (non-hydrogen) atoms. The predicted octanol–water partition coefficient (Wildman–Crippen LogP) is 3.93. The summed E-state index contributed by atoms with van der Waals surface area (Å²) in [5, 5.41) is 33.1. The summed E-state index contributed by atoms with van der Waals surface area (Å²) in [5.41, 5.74) is 6.11. The number of benzene rings is 4. The first-order chi connectivity index (χ1) is 18.7. The number of rotatable bonds is 0. The van der Waals surface area contributed by atoms with E-state index in [1.807, 2.05) is 72.8 Å². The maximum atomic E-state index is 11.9. The summed E-state index contributed by atoms with van der Waals surface area (Å²) >= 11 is 0. The molecule has 8 aromatic rings. The zero-order valence-corrected chi connectivity index (χ0v) is 19.6. The molecule has 0 atom stereocenters. The Morgan fingerprint density at radius 2 is 0.763 bits per heavy atom. The van der Waals surface area contributed by atoms with E-state index in [9.17, 15) is 10.4 Å². The molecule has 0 amide bonds. The van der Waals surface area contributed by atoms with Crippen molar-refractivity contribution in [2.45, 2.75) is 0 Å². The molecule has 0 bridgehead atoms. The van der Waals surface area contributed by atoms with Gasteiger partial charge in [-0.05, 0) is 46.1 Å². The monoisotopic (exact) mass is 496 g/mol. The zero-order chi connectivity index (χ0) is 25.6. The van der Waals surface area contributed by atoms with Crippen LogP contribution in [0.15, 0.2) is 97.1 Å². The summed E-state index contributed by atoms with van der Waals surface area (Å²) in [6.07, 6.45) is 0. The van der Waals surface area contributed by atoms with Crippen molar-refractivity contribution in [2.75, 3.05) is 0 Å². The second kappa shape index (κ2) is 8.49. The van der Waals surface area contributed by atoms with E-state index in [0.29, 0.717) is 43.1 Å². The minimum Gasteiger partial charge on any atom is -0.594 e. The van der Waals surface area contributed by atoms with E-state index in [0.717, 1.165) is 32.8 Å². The first-order valence-electron chi connectivity index (χ1n) is 11.8. The minimum atomic E-state index is 0.368. The molecule has 0 unspecified atom stereocenters. The molecule has 4 aromatic heterocycles. The third-order valence-electron chi connectivity index (χ3n) is 6.21. The maximum absolute atomic E-state index is 11.9. The third-order valence-corrected chi connectivity index (χ3v) is 6.21. The van der Waals surface area contributed by atoms with Gasteiger partial charge in [-0.1, -0.05) is 48.5 Å². The molecule has 0 fully saturated rings. The van der Waals surface area contributed by atoms with E-state index >= 15 is 0 Å². The molecule has 4 heterocycles. The van der Waals surface area contributed by atoms with Gasteiger partial charge in [0.25, 0.3) is 11.0 Å². The van der Waals surface area contributed by atoms with Crippen molar-refractivity contribution in [1.29, 1.82) is 0 Å². The number of para-hydroxylation sites is 6. The Morgan fingerprint density at radius 1 is 0.421 bits per heavy atom. The largest absolute Gasteiger partial charge is 0.594 e. The van der Waals surface area contributed by atoms with Gasteiger partial charge in [0, 0.05) is 22.3 Å². The molecule has 0 aliphatic heterocycles. The van der Waals surface area contributed by atoms with Crippen molar-refractivity contribution in [3.05, 3.63) is 107 Å². The first-order valence-corrected chi connectivity index (χ1v) is 11.8. The van der Waals surface area contributed by atoms with Crippen LogP contribution in [0.3, 0.4) is 0 Å². The Labute approximate surface area is 213 Å². The summed E-state index contributed by atoms with van der Waals surface area (Å²) < 4.78 is 0. The van der Waals surface area contributed by atoms with Gasteiger partial charge in [0.05, 0.1) is 32.8 Å². The van der Waals surface area contributed by atoms with Crippen LogP contribution in [-0.4, -0.2) is 30.1 Å². The fourth-order valence-electron chi connectivity index (χ4n) is 4.44. The highest BCUT2D eigenvalue weighted by molar-refractivity contribution is 6.01. The van der Waals surface area contributed by atoms with Crippen LogP contribution < -0.4 is 9.69 Å². The molecule has 0 aliphatic rings. The molecule has 10 nitrogen and oxygen atoms in total. The lowest BCUT2D eigenvalue weighted by Gasteiger charge is -2.03. The van der Waals surface area contributed by atoms with Crippen LogP contribution in [0, 0.1) is 10.4 Å². The highest BCUT2D eigenvalue weighted by Crippen LogP contribution is 2.21. The lowest BCUT2D eigenvalue weighted by atomic mass is 10.2. The second-order valence-corrected chi connectivity index (χ2v) is 8.55. The Balaban J connectivity index is 0.000000127. The quantitative estimate of drug-likeness (QED) is 0.134. The number of hydrogen-bond donors (Lipinski definition) is 0. The van der Waals surface area contributed by atoms with Gasteiger partial charge >= 0.3 is 0 Å². The molecule has 0 saturated carbocycles. The van der Waals surface area contributed by atoms with Crippen molar-refractivity contribution in [2.24, 2.45) is 0 Å². The summed E-state index contributed by atoms with van der Waals surface area (Å²) in [6, 6.07) is 29.6. The lowest BCUT2D eigenvalue weighted by molar-refractivity contribution is -0.640. The minimum absolute atomic E-state index is 0.368. The summed E-state index contributed by atoms with van der Waals surface area (Å²) in [5.74, 6) is 0. The van der Waals surface area contributed by atoms with Gasteiger partial charge in [-0.25, -0.2) is 19.9 Å². The van der Waals surface area contributed by atoms with Crippen LogP contribution >= 0.6 is 0 Å². The summed E-state index contributed by atoms with van der Waals surface area (Å²) in [4.78, 5) is 19.1. The van der Waals surface area contributed by atoms with Gasteiger partial charge in [0.1, 0.15) is 11.0 Å². The Morgan fingerprint density at radius 3 is 1.18 bits per heavy atom. The standard InChI is InChI=1S/2C14H8N4O/c2*19-18-12-8-4-1-5-9(12)13-14(17-18)16-11-7-3-2-6-10(11)15-13/h2*1-8H.